The molecule has 0 N–H and O–H groups in total. The van der Waals surface area contributed by atoms with Gasteiger partial charge in [0, 0.05) is 37.2 Å². The molecule has 0 aromatic rings. The van der Waals surface area contributed by atoms with Crippen molar-refractivity contribution in [1.82, 2.24) is 4.90 Å². The minimum Gasteiger partial charge on any atom is -0.300 e. The second kappa shape index (κ2) is 5.75. The summed E-state index contributed by atoms with van der Waals surface area (Å²) >= 11 is 1.82. The molecule has 2 aliphatic heterocycles. The van der Waals surface area contributed by atoms with Crippen LogP contribution in [0.5, 0.6) is 0 Å². The number of hydrogen-bond donors (Lipinski definition) is 0. The maximum absolute atomic E-state index is 11.5. The minimum atomic E-state index is 0.474. The Hall–Kier alpha value is -0.460. The molecule has 0 spiro atoms. The number of carbonyl (C=O) groups is 1. The van der Waals surface area contributed by atoms with E-state index in [1.807, 2.05) is 11.8 Å². The predicted molar refractivity (Wildman–Crippen MR) is 68.5 cm³/mol. The summed E-state index contributed by atoms with van der Waals surface area (Å²) in [5, 5.41) is 0. The largest absolute Gasteiger partial charge is 0.300 e. The van der Waals surface area contributed by atoms with Crippen LogP contribution in [-0.4, -0.2) is 40.8 Å². The van der Waals surface area contributed by atoms with Gasteiger partial charge in [0.2, 0.25) is 0 Å². The third-order valence-corrected chi connectivity index (χ3v) is 4.46. The van der Waals surface area contributed by atoms with E-state index in [9.17, 15) is 4.79 Å². The Morgan fingerprint density at radius 2 is 2.06 bits per heavy atom. The summed E-state index contributed by atoms with van der Waals surface area (Å²) in [7, 11) is 0. The van der Waals surface area contributed by atoms with Crippen LogP contribution in [0.25, 0.3) is 0 Å². The fourth-order valence-electron chi connectivity index (χ4n) is 2.93. The summed E-state index contributed by atoms with van der Waals surface area (Å²) in [5.74, 6) is 5.04. The van der Waals surface area contributed by atoms with Crippen LogP contribution < -0.4 is 0 Å². The van der Waals surface area contributed by atoms with Crippen molar-refractivity contribution in [2.75, 3.05) is 18.1 Å². The van der Waals surface area contributed by atoms with E-state index in [4.69, 9.17) is 6.42 Å². The number of thioether (sulfide) groups is 1. The Balaban J connectivity index is 1.84. The Bertz CT molecular complexity index is 281. The lowest BCUT2D eigenvalue weighted by atomic mass is 9.84. The second-order valence-corrected chi connectivity index (χ2v) is 5.79. The van der Waals surface area contributed by atoms with Crippen molar-refractivity contribution >= 4 is 17.5 Å². The first-order valence-corrected chi connectivity index (χ1v) is 7.25. The van der Waals surface area contributed by atoms with Crippen LogP contribution in [0.15, 0.2) is 0 Å². The summed E-state index contributed by atoms with van der Waals surface area (Å²) in [5.41, 5.74) is 0. The zero-order valence-corrected chi connectivity index (χ0v) is 10.5. The average Bonchev–Trinajstić information content (AvgIpc) is 2.25. The van der Waals surface area contributed by atoms with Gasteiger partial charge in [-0.15, -0.1) is 18.2 Å². The number of terminal acetylenes is 1. The monoisotopic (exact) mass is 237 g/mol. The molecule has 2 atom stereocenters. The van der Waals surface area contributed by atoms with Gasteiger partial charge >= 0.3 is 0 Å². The van der Waals surface area contributed by atoms with E-state index in [1.54, 1.807) is 0 Å². The third kappa shape index (κ3) is 2.81. The molecule has 0 radical (unpaired) electrons. The summed E-state index contributed by atoms with van der Waals surface area (Å²) in [6.45, 7) is 1.11. The van der Waals surface area contributed by atoms with Crippen molar-refractivity contribution in [3.8, 4) is 12.3 Å². The molecule has 16 heavy (non-hydrogen) atoms. The second-order valence-electron chi connectivity index (χ2n) is 4.68. The smallest absolute Gasteiger partial charge is 0.136 e. The van der Waals surface area contributed by atoms with Crippen molar-refractivity contribution in [3.05, 3.63) is 0 Å². The van der Waals surface area contributed by atoms with Crippen molar-refractivity contribution < 1.29 is 4.79 Å². The molecule has 2 heterocycles. The number of nitrogens with zero attached hydrogens (tertiary/aromatic N) is 1. The molecule has 0 aromatic heterocycles. The molecule has 0 amide bonds. The van der Waals surface area contributed by atoms with Gasteiger partial charge in [0.25, 0.3) is 0 Å². The molecule has 0 saturated carbocycles. The number of piperidine rings is 2. The SMILES string of the molecule is C#CCSCCN1C2CCCC1CC(=O)C2. The van der Waals surface area contributed by atoms with Crippen LogP contribution in [0, 0.1) is 12.3 Å². The van der Waals surface area contributed by atoms with Gasteiger partial charge in [-0.2, -0.15) is 0 Å². The highest BCUT2D eigenvalue weighted by Crippen LogP contribution is 2.32. The molecule has 2 saturated heterocycles. The Morgan fingerprint density at radius 1 is 1.38 bits per heavy atom. The van der Waals surface area contributed by atoms with Gasteiger partial charge in [-0.25, -0.2) is 0 Å². The number of rotatable bonds is 4. The topological polar surface area (TPSA) is 20.3 Å². The van der Waals surface area contributed by atoms with Gasteiger partial charge in [-0.3, -0.25) is 9.69 Å². The van der Waals surface area contributed by atoms with Crippen molar-refractivity contribution in [2.45, 2.75) is 44.2 Å². The maximum Gasteiger partial charge on any atom is 0.136 e. The van der Waals surface area contributed by atoms with E-state index in [0.717, 1.165) is 30.9 Å². The molecule has 2 unspecified atom stereocenters. The normalized spacial score (nSPS) is 30.1. The number of hydrogen-bond acceptors (Lipinski definition) is 3. The van der Waals surface area contributed by atoms with E-state index in [2.05, 4.69) is 10.8 Å². The summed E-state index contributed by atoms with van der Waals surface area (Å²) in [6.07, 6.45) is 10.5. The fraction of sp³-hybridized carbons (Fsp3) is 0.769. The average molecular weight is 237 g/mol. The molecule has 2 aliphatic rings. The van der Waals surface area contributed by atoms with Crippen LogP contribution in [-0.2, 0) is 4.79 Å². The van der Waals surface area contributed by atoms with Gasteiger partial charge in [0.05, 0.1) is 5.75 Å². The van der Waals surface area contributed by atoms with Gasteiger partial charge in [0.15, 0.2) is 0 Å². The first-order valence-electron chi connectivity index (χ1n) is 6.10. The van der Waals surface area contributed by atoms with Crippen LogP contribution in [0.1, 0.15) is 32.1 Å². The van der Waals surface area contributed by atoms with Gasteiger partial charge in [0.1, 0.15) is 5.78 Å². The number of carbonyl (C=O) groups excluding carboxylic acids is 1. The quantitative estimate of drug-likeness (QED) is 0.550. The summed E-state index contributed by atoms with van der Waals surface area (Å²) in [6, 6.07) is 1.07. The van der Waals surface area contributed by atoms with E-state index in [-0.39, 0.29) is 0 Å². The molecular formula is C13H19NOS. The fourth-order valence-corrected chi connectivity index (χ4v) is 3.53. The molecule has 2 bridgehead atoms. The van der Waals surface area contributed by atoms with Gasteiger partial charge in [-0.1, -0.05) is 12.3 Å². The standard InChI is InChI=1S/C13H19NOS/c1-2-7-16-8-6-14-11-4-3-5-12(14)10-13(15)9-11/h1,11-12H,3-10H2. The van der Waals surface area contributed by atoms with Crippen LogP contribution >= 0.6 is 11.8 Å². The first-order chi connectivity index (χ1) is 7.81. The van der Waals surface area contributed by atoms with Crippen LogP contribution in [0.2, 0.25) is 0 Å². The first kappa shape index (κ1) is 12.0. The highest BCUT2D eigenvalue weighted by atomic mass is 32.2. The van der Waals surface area contributed by atoms with E-state index in [0.29, 0.717) is 17.9 Å². The molecule has 3 heteroatoms. The van der Waals surface area contributed by atoms with E-state index in [1.165, 1.54) is 19.3 Å². The minimum absolute atomic E-state index is 0.474. The number of ketones is 1. The van der Waals surface area contributed by atoms with E-state index >= 15 is 0 Å². The lowest BCUT2D eigenvalue weighted by Crippen LogP contribution is -2.52. The maximum atomic E-state index is 11.5. The molecule has 0 aliphatic carbocycles. The third-order valence-electron chi connectivity index (χ3n) is 3.62. The van der Waals surface area contributed by atoms with Crippen LogP contribution in [0.3, 0.4) is 0 Å². The van der Waals surface area contributed by atoms with Crippen molar-refractivity contribution in [3.63, 3.8) is 0 Å². The lowest BCUT2D eigenvalue weighted by molar-refractivity contribution is -0.126. The number of Topliss-reactive ketones (excluding diaryl/α,β-unsaturated/α-hetero) is 1. The molecule has 0 aromatic carbocycles. The predicted octanol–water partition coefficient (Wildman–Crippen LogP) is 1.94. The lowest BCUT2D eigenvalue weighted by Gasteiger charge is -2.45. The molecular weight excluding hydrogens is 218 g/mol. The Kier molecular flexibility index (Phi) is 4.31. The van der Waals surface area contributed by atoms with Crippen molar-refractivity contribution in [2.24, 2.45) is 0 Å². The Morgan fingerprint density at radius 3 is 2.69 bits per heavy atom. The molecule has 88 valence electrons. The van der Waals surface area contributed by atoms with Gasteiger partial charge in [-0.05, 0) is 12.8 Å². The molecule has 2 nitrogen and oxygen atoms in total. The Labute approximate surface area is 102 Å². The summed E-state index contributed by atoms with van der Waals surface area (Å²) < 4.78 is 0. The van der Waals surface area contributed by atoms with Crippen LogP contribution in [0.4, 0.5) is 0 Å². The highest BCUT2D eigenvalue weighted by Gasteiger charge is 2.36. The molecule has 2 rings (SSSR count). The molecule has 2 fully saturated rings. The van der Waals surface area contributed by atoms with E-state index < -0.39 is 0 Å². The van der Waals surface area contributed by atoms with Crippen molar-refractivity contribution in [1.29, 1.82) is 0 Å². The zero-order chi connectivity index (χ0) is 11.4. The van der Waals surface area contributed by atoms with Gasteiger partial charge < -0.3 is 0 Å². The number of fused-ring (bicyclic) bond motifs is 2. The zero-order valence-electron chi connectivity index (χ0n) is 9.65. The highest BCUT2D eigenvalue weighted by molar-refractivity contribution is 7.99. The summed E-state index contributed by atoms with van der Waals surface area (Å²) in [4.78, 5) is 14.1.